The Bertz CT molecular complexity index is 541. The highest BCUT2D eigenvalue weighted by molar-refractivity contribution is 6.31. The van der Waals surface area contributed by atoms with Crippen LogP contribution in [0.5, 0.6) is 0 Å². The summed E-state index contributed by atoms with van der Waals surface area (Å²) in [6.07, 6.45) is 1.93. The summed E-state index contributed by atoms with van der Waals surface area (Å²) in [6, 6.07) is 12.0. The van der Waals surface area contributed by atoms with Gasteiger partial charge in [-0.15, -0.1) is 0 Å². The first-order valence-corrected chi connectivity index (χ1v) is 6.78. The Labute approximate surface area is 119 Å². The summed E-state index contributed by atoms with van der Waals surface area (Å²) in [5, 5.41) is 4.06. The number of benzene rings is 1. The lowest BCUT2D eigenvalue weighted by Crippen LogP contribution is -2.11. The van der Waals surface area contributed by atoms with Crippen molar-refractivity contribution >= 4 is 17.4 Å². The first kappa shape index (κ1) is 13.9. The minimum atomic E-state index is 0.133. The number of aromatic nitrogens is 1. The molecule has 3 heteroatoms. The van der Waals surface area contributed by atoms with Gasteiger partial charge in [-0.05, 0) is 28.7 Å². The molecular weight excluding hydrogens is 256 g/mol. The van der Waals surface area contributed by atoms with E-state index in [9.17, 15) is 0 Å². The number of rotatable bonds is 3. The highest BCUT2D eigenvalue weighted by Gasteiger charge is 2.13. The Balaban J connectivity index is 2.03. The van der Waals surface area contributed by atoms with E-state index in [2.05, 4.69) is 37.1 Å². The van der Waals surface area contributed by atoms with Crippen LogP contribution in [0.3, 0.4) is 0 Å². The second-order valence-corrected chi connectivity index (χ2v) is 6.03. The normalized spacial score (nSPS) is 11.4. The van der Waals surface area contributed by atoms with E-state index in [0.717, 1.165) is 16.4 Å². The maximum Gasteiger partial charge on any atom is 0.126 e. The number of nitrogens with one attached hydrogen (secondary N) is 1. The van der Waals surface area contributed by atoms with Crippen LogP contribution in [-0.2, 0) is 12.0 Å². The van der Waals surface area contributed by atoms with Crippen molar-refractivity contribution in [3.63, 3.8) is 0 Å². The molecule has 0 radical (unpaired) electrons. The number of hydrogen-bond acceptors (Lipinski definition) is 2. The molecule has 0 atom stereocenters. The van der Waals surface area contributed by atoms with Gasteiger partial charge in [0.05, 0.1) is 0 Å². The maximum absolute atomic E-state index is 6.12. The van der Waals surface area contributed by atoms with Gasteiger partial charge in [0.15, 0.2) is 0 Å². The molecule has 0 saturated heterocycles. The number of halogens is 1. The first-order chi connectivity index (χ1) is 8.97. The van der Waals surface area contributed by atoms with E-state index >= 15 is 0 Å². The first-order valence-electron chi connectivity index (χ1n) is 6.40. The molecule has 1 aromatic carbocycles. The van der Waals surface area contributed by atoms with Gasteiger partial charge in [0.25, 0.3) is 0 Å². The lowest BCUT2D eigenvalue weighted by molar-refractivity contribution is 0.587. The second-order valence-electron chi connectivity index (χ2n) is 5.63. The number of nitrogens with zero attached hydrogens (tertiary/aromatic N) is 1. The predicted octanol–water partition coefficient (Wildman–Crippen LogP) is 4.64. The van der Waals surface area contributed by atoms with Crippen molar-refractivity contribution in [2.24, 2.45) is 0 Å². The number of anilines is 1. The third kappa shape index (κ3) is 3.71. The fourth-order valence-electron chi connectivity index (χ4n) is 1.77. The monoisotopic (exact) mass is 274 g/mol. The zero-order chi connectivity index (χ0) is 13.9. The van der Waals surface area contributed by atoms with Gasteiger partial charge in [-0.2, -0.15) is 0 Å². The number of hydrogen-bond donors (Lipinski definition) is 1. The maximum atomic E-state index is 6.12. The molecule has 19 heavy (non-hydrogen) atoms. The van der Waals surface area contributed by atoms with Gasteiger partial charge in [-0.25, -0.2) is 4.98 Å². The van der Waals surface area contributed by atoms with E-state index < -0.39 is 0 Å². The van der Waals surface area contributed by atoms with Gasteiger partial charge >= 0.3 is 0 Å². The molecule has 0 unspecified atom stereocenters. The van der Waals surface area contributed by atoms with Crippen LogP contribution in [0.4, 0.5) is 5.82 Å². The van der Waals surface area contributed by atoms with Gasteiger partial charge in [-0.3, -0.25) is 0 Å². The van der Waals surface area contributed by atoms with Crippen molar-refractivity contribution in [2.45, 2.75) is 32.7 Å². The van der Waals surface area contributed by atoms with E-state index in [1.165, 1.54) is 5.56 Å². The molecule has 2 aromatic rings. The van der Waals surface area contributed by atoms with Crippen molar-refractivity contribution in [1.82, 2.24) is 4.98 Å². The largest absolute Gasteiger partial charge is 0.366 e. The van der Waals surface area contributed by atoms with Gasteiger partial charge in [0, 0.05) is 17.8 Å². The average Bonchev–Trinajstić information content (AvgIpc) is 2.37. The molecule has 100 valence electrons. The van der Waals surface area contributed by atoms with Crippen LogP contribution in [0.2, 0.25) is 5.02 Å². The molecular formula is C16H19ClN2. The van der Waals surface area contributed by atoms with E-state index in [1.54, 1.807) is 0 Å². The fraction of sp³-hybridized carbons (Fsp3) is 0.312. The lowest BCUT2D eigenvalue weighted by Gasteiger charge is -2.18. The van der Waals surface area contributed by atoms with Crippen LogP contribution >= 0.6 is 11.6 Å². The Morgan fingerprint density at radius 1 is 1.11 bits per heavy atom. The third-order valence-corrected chi connectivity index (χ3v) is 3.42. The molecule has 1 heterocycles. The van der Waals surface area contributed by atoms with E-state index in [0.29, 0.717) is 6.54 Å². The highest BCUT2D eigenvalue weighted by atomic mass is 35.5. The zero-order valence-electron chi connectivity index (χ0n) is 11.6. The molecule has 2 rings (SSSR count). The van der Waals surface area contributed by atoms with Crippen LogP contribution < -0.4 is 5.32 Å². The summed E-state index contributed by atoms with van der Waals surface area (Å²) >= 11 is 6.12. The SMILES string of the molecule is CC(C)(C)c1ccc(NCc2ccccc2Cl)nc1. The molecule has 0 spiro atoms. The molecule has 0 aliphatic heterocycles. The van der Waals surface area contributed by atoms with Crippen LogP contribution in [0.1, 0.15) is 31.9 Å². The quantitative estimate of drug-likeness (QED) is 0.882. The molecule has 0 bridgehead atoms. The minimum absolute atomic E-state index is 0.133. The van der Waals surface area contributed by atoms with E-state index in [-0.39, 0.29) is 5.41 Å². The van der Waals surface area contributed by atoms with Gasteiger partial charge in [-0.1, -0.05) is 56.6 Å². The van der Waals surface area contributed by atoms with Crippen LogP contribution in [-0.4, -0.2) is 4.98 Å². The van der Waals surface area contributed by atoms with E-state index in [1.807, 2.05) is 36.5 Å². The fourth-order valence-corrected chi connectivity index (χ4v) is 1.97. The topological polar surface area (TPSA) is 24.9 Å². The Morgan fingerprint density at radius 3 is 2.42 bits per heavy atom. The van der Waals surface area contributed by atoms with Gasteiger partial charge < -0.3 is 5.32 Å². The molecule has 2 nitrogen and oxygen atoms in total. The minimum Gasteiger partial charge on any atom is -0.366 e. The molecule has 0 aliphatic carbocycles. The molecule has 1 N–H and O–H groups in total. The van der Waals surface area contributed by atoms with Gasteiger partial charge in [0.2, 0.25) is 0 Å². The summed E-state index contributed by atoms with van der Waals surface area (Å²) in [7, 11) is 0. The summed E-state index contributed by atoms with van der Waals surface area (Å²) in [4.78, 5) is 4.44. The van der Waals surface area contributed by atoms with Crippen molar-refractivity contribution < 1.29 is 0 Å². The lowest BCUT2D eigenvalue weighted by atomic mass is 9.88. The Hall–Kier alpha value is -1.54. The molecule has 1 aromatic heterocycles. The van der Waals surface area contributed by atoms with Crippen molar-refractivity contribution in [1.29, 1.82) is 0 Å². The smallest absolute Gasteiger partial charge is 0.126 e. The number of pyridine rings is 1. The van der Waals surface area contributed by atoms with Crippen LogP contribution in [0.15, 0.2) is 42.6 Å². The molecule has 0 fully saturated rings. The summed E-state index contributed by atoms with van der Waals surface area (Å²) < 4.78 is 0. The molecule has 0 aliphatic rings. The predicted molar refractivity (Wildman–Crippen MR) is 81.7 cm³/mol. The van der Waals surface area contributed by atoms with Crippen LogP contribution in [0, 0.1) is 0 Å². The summed E-state index contributed by atoms with van der Waals surface area (Å²) in [5.74, 6) is 0.868. The summed E-state index contributed by atoms with van der Waals surface area (Å²) in [5.41, 5.74) is 2.44. The van der Waals surface area contributed by atoms with Crippen molar-refractivity contribution in [2.75, 3.05) is 5.32 Å². The molecule has 0 saturated carbocycles. The van der Waals surface area contributed by atoms with Gasteiger partial charge in [0.1, 0.15) is 5.82 Å². The Morgan fingerprint density at radius 2 is 1.84 bits per heavy atom. The van der Waals surface area contributed by atoms with Crippen molar-refractivity contribution in [3.8, 4) is 0 Å². The highest BCUT2D eigenvalue weighted by Crippen LogP contribution is 2.22. The van der Waals surface area contributed by atoms with E-state index in [4.69, 9.17) is 11.6 Å². The zero-order valence-corrected chi connectivity index (χ0v) is 12.3. The Kier molecular flexibility index (Phi) is 4.11. The second kappa shape index (κ2) is 5.62. The van der Waals surface area contributed by atoms with Crippen molar-refractivity contribution in [3.05, 3.63) is 58.7 Å². The van der Waals surface area contributed by atoms with Crippen LogP contribution in [0.25, 0.3) is 0 Å². The average molecular weight is 275 g/mol. The molecule has 0 amide bonds. The third-order valence-electron chi connectivity index (χ3n) is 3.05. The standard InChI is InChI=1S/C16H19ClN2/c1-16(2,3)13-8-9-15(19-11-13)18-10-12-6-4-5-7-14(12)17/h4-9,11H,10H2,1-3H3,(H,18,19). The summed E-state index contributed by atoms with van der Waals surface area (Å²) in [6.45, 7) is 7.23.